The number of hydrogen-bond donors (Lipinski definition) is 0. The van der Waals surface area contributed by atoms with Crippen LogP contribution in [-0.2, 0) is 8.85 Å². The fraction of sp³-hybridized carbons (Fsp3) is 0.833. The molecule has 0 heterocycles. The molecule has 0 aromatic carbocycles. The molecule has 0 saturated heterocycles. The maximum Gasteiger partial charge on any atom is 0.335 e. The summed E-state index contributed by atoms with van der Waals surface area (Å²) in [7, 11) is -1.92. The van der Waals surface area contributed by atoms with E-state index in [1.54, 1.807) is 0 Å². The van der Waals surface area contributed by atoms with Gasteiger partial charge in [-0.15, -0.1) is 0 Å². The molecule has 0 aliphatic heterocycles. The van der Waals surface area contributed by atoms with Gasteiger partial charge in [0.1, 0.15) is 0 Å². The Balaban J connectivity index is 4.33. The zero-order chi connectivity index (χ0) is 11.9. The zero-order valence-corrected chi connectivity index (χ0v) is 12.1. The van der Waals surface area contributed by atoms with Crippen molar-refractivity contribution < 1.29 is 8.85 Å². The van der Waals surface area contributed by atoms with Crippen LogP contribution >= 0.6 is 0 Å². The monoisotopic (exact) mass is 230 g/mol. The molecular formula is C12H26O2Si. The third kappa shape index (κ3) is 6.87. The quantitative estimate of drug-likeness (QED) is 0.488. The van der Waals surface area contributed by atoms with Crippen molar-refractivity contribution in [2.24, 2.45) is 0 Å². The van der Waals surface area contributed by atoms with E-state index in [0.29, 0.717) is 0 Å². The minimum absolute atomic E-state index is 0.171. The molecule has 90 valence electrons. The van der Waals surface area contributed by atoms with Crippen molar-refractivity contribution in [3.05, 3.63) is 11.6 Å². The van der Waals surface area contributed by atoms with Gasteiger partial charge in [0, 0.05) is 6.61 Å². The topological polar surface area (TPSA) is 18.5 Å². The van der Waals surface area contributed by atoms with E-state index in [4.69, 9.17) is 8.85 Å². The first-order valence-corrected chi connectivity index (χ1v) is 8.42. The van der Waals surface area contributed by atoms with Crippen LogP contribution in [0.1, 0.15) is 41.0 Å². The molecule has 0 saturated carbocycles. The summed E-state index contributed by atoms with van der Waals surface area (Å²) in [5.41, 5.74) is 1.30. The molecule has 15 heavy (non-hydrogen) atoms. The third-order valence-electron chi connectivity index (χ3n) is 2.16. The Hall–Kier alpha value is -0.123. The average Bonchev–Trinajstić information content (AvgIpc) is 2.01. The molecule has 0 N–H and O–H groups in total. The summed E-state index contributed by atoms with van der Waals surface area (Å²) >= 11 is 0. The van der Waals surface area contributed by atoms with E-state index in [0.717, 1.165) is 19.1 Å². The Bertz CT molecular complexity index is 192. The number of hydrogen-bond acceptors (Lipinski definition) is 2. The van der Waals surface area contributed by atoms with Crippen molar-refractivity contribution in [2.75, 3.05) is 6.61 Å². The van der Waals surface area contributed by atoms with E-state index in [2.05, 4.69) is 40.3 Å². The highest BCUT2D eigenvalue weighted by atomic mass is 28.4. The third-order valence-corrected chi connectivity index (χ3v) is 5.33. The summed E-state index contributed by atoms with van der Waals surface area (Å²) in [5, 5.41) is 0. The Labute approximate surface area is 95.9 Å². The summed E-state index contributed by atoms with van der Waals surface area (Å²) < 4.78 is 11.9. The summed E-state index contributed by atoms with van der Waals surface area (Å²) in [6.45, 7) is 13.4. The van der Waals surface area contributed by atoms with Gasteiger partial charge in [-0.1, -0.05) is 25.0 Å². The van der Waals surface area contributed by atoms with E-state index in [-0.39, 0.29) is 6.10 Å². The lowest BCUT2D eigenvalue weighted by atomic mass is 10.2. The fourth-order valence-electron chi connectivity index (χ4n) is 1.82. The molecular weight excluding hydrogens is 204 g/mol. The van der Waals surface area contributed by atoms with Crippen molar-refractivity contribution in [3.8, 4) is 0 Å². The zero-order valence-electron chi connectivity index (χ0n) is 11.1. The minimum atomic E-state index is -1.92. The van der Waals surface area contributed by atoms with Crippen LogP contribution in [-0.4, -0.2) is 21.3 Å². The highest BCUT2D eigenvalue weighted by Crippen LogP contribution is 2.18. The van der Waals surface area contributed by atoms with Gasteiger partial charge in [0.25, 0.3) is 0 Å². The van der Waals surface area contributed by atoms with Crippen molar-refractivity contribution in [1.29, 1.82) is 0 Å². The second kappa shape index (κ2) is 7.20. The molecule has 2 nitrogen and oxygen atoms in total. The molecule has 0 aliphatic rings. The number of rotatable bonds is 7. The first kappa shape index (κ1) is 14.9. The van der Waals surface area contributed by atoms with Gasteiger partial charge in [0.15, 0.2) is 0 Å². The Morgan fingerprint density at radius 1 is 1.33 bits per heavy atom. The van der Waals surface area contributed by atoms with E-state index in [1.807, 2.05) is 6.92 Å². The van der Waals surface area contributed by atoms with Crippen LogP contribution < -0.4 is 0 Å². The Kier molecular flexibility index (Phi) is 7.14. The average molecular weight is 230 g/mol. The lowest BCUT2D eigenvalue weighted by Gasteiger charge is -2.28. The maximum atomic E-state index is 6.07. The van der Waals surface area contributed by atoms with Crippen molar-refractivity contribution in [1.82, 2.24) is 0 Å². The fourth-order valence-corrected chi connectivity index (χ4v) is 4.52. The van der Waals surface area contributed by atoms with E-state index >= 15 is 0 Å². The predicted octanol–water partition coefficient (Wildman–Crippen LogP) is 3.88. The van der Waals surface area contributed by atoms with Crippen LogP contribution in [0.25, 0.3) is 0 Å². The molecule has 0 amide bonds. The Morgan fingerprint density at radius 2 is 1.93 bits per heavy atom. The van der Waals surface area contributed by atoms with Gasteiger partial charge in [0.2, 0.25) is 0 Å². The normalized spacial score (nSPS) is 16.9. The van der Waals surface area contributed by atoms with Gasteiger partial charge in [-0.2, -0.15) is 0 Å². The first-order chi connectivity index (χ1) is 6.93. The summed E-state index contributed by atoms with van der Waals surface area (Å²) in [6.07, 6.45) is 3.45. The van der Waals surface area contributed by atoms with Crippen LogP contribution in [0.15, 0.2) is 11.6 Å². The molecule has 0 aromatic rings. The predicted molar refractivity (Wildman–Crippen MR) is 68.3 cm³/mol. The minimum Gasteiger partial charge on any atom is -0.395 e. The molecule has 0 aliphatic carbocycles. The molecule has 2 atom stereocenters. The number of allylic oxidation sites excluding steroid dienone is 1. The highest BCUT2D eigenvalue weighted by Gasteiger charge is 2.31. The smallest absolute Gasteiger partial charge is 0.335 e. The highest BCUT2D eigenvalue weighted by molar-refractivity contribution is 6.66. The van der Waals surface area contributed by atoms with Crippen molar-refractivity contribution >= 4 is 8.56 Å². The molecule has 2 unspecified atom stereocenters. The van der Waals surface area contributed by atoms with E-state index in [9.17, 15) is 0 Å². The molecule has 0 spiro atoms. The first-order valence-electron chi connectivity index (χ1n) is 5.90. The molecule has 0 aromatic heterocycles. The largest absolute Gasteiger partial charge is 0.395 e. The van der Waals surface area contributed by atoms with Crippen molar-refractivity contribution in [2.45, 2.75) is 59.7 Å². The van der Waals surface area contributed by atoms with Gasteiger partial charge in [0.05, 0.1) is 6.10 Å². The molecule has 0 radical (unpaired) electrons. The molecule has 0 bridgehead atoms. The van der Waals surface area contributed by atoms with Gasteiger partial charge in [-0.3, -0.25) is 0 Å². The lowest BCUT2D eigenvalue weighted by Crippen LogP contribution is -2.41. The van der Waals surface area contributed by atoms with Crippen LogP contribution in [0, 0.1) is 0 Å². The van der Waals surface area contributed by atoms with Gasteiger partial charge < -0.3 is 8.85 Å². The van der Waals surface area contributed by atoms with E-state index in [1.165, 1.54) is 5.57 Å². The van der Waals surface area contributed by atoms with E-state index < -0.39 is 8.56 Å². The standard InChI is InChI=1S/C12H26O2Si/c1-7-9-15(6,13-8-2)14-12(5)10-11(3)4/h10,12H,7-9H2,1-6H3. The maximum absolute atomic E-state index is 6.07. The summed E-state index contributed by atoms with van der Waals surface area (Å²) in [5.74, 6) is 0. The van der Waals surface area contributed by atoms with Crippen LogP contribution in [0.5, 0.6) is 0 Å². The molecule has 0 rings (SSSR count). The lowest BCUT2D eigenvalue weighted by molar-refractivity contribution is 0.155. The Morgan fingerprint density at radius 3 is 2.33 bits per heavy atom. The molecule has 0 fully saturated rings. The van der Waals surface area contributed by atoms with Crippen LogP contribution in [0.3, 0.4) is 0 Å². The van der Waals surface area contributed by atoms with Gasteiger partial charge >= 0.3 is 8.56 Å². The SMILES string of the molecule is CCC[Si](C)(OCC)OC(C)C=C(C)C. The summed E-state index contributed by atoms with van der Waals surface area (Å²) in [4.78, 5) is 0. The van der Waals surface area contributed by atoms with Gasteiger partial charge in [-0.05, 0) is 40.3 Å². The van der Waals surface area contributed by atoms with Crippen LogP contribution in [0.4, 0.5) is 0 Å². The molecule has 3 heteroatoms. The second-order valence-electron chi connectivity index (χ2n) is 4.38. The van der Waals surface area contributed by atoms with Gasteiger partial charge in [-0.25, -0.2) is 0 Å². The summed E-state index contributed by atoms with van der Waals surface area (Å²) in [6, 6.07) is 1.07. The van der Waals surface area contributed by atoms with Crippen molar-refractivity contribution in [3.63, 3.8) is 0 Å². The van der Waals surface area contributed by atoms with Crippen LogP contribution in [0.2, 0.25) is 12.6 Å². The second-order valence-corrected chi connectivity index (χ2v) is 7.68.